The van der Waals surface area contributed by atoms with Gasteiger partial charge in [0, 0.05) is 37.1 Å². The standard InChI is InChI=1S/C26H27ClN6/c1-3-22-5-4-10-32(22)26-31-23-12-21(13-28)30-24(19-11-20(27)15-29-14-19)25(23)33(26)16-18-8-6-17(2)7-9-18/h1,11-12,14-15,17-18,22H,4-10,16H2,2H3/t17-,18-,22?. The number of terminal acetylenes is 1. The van der Waals surface area contributed by atoms with Gasteiger partial charge >= 0.3 is 0 Å². The van der Waals surface area contributed by atoms with Gasteiger partial charge in [0.1, 0.15) is 11.8 Å². The normalized spacial score (nSPS) is 22.9. The Bertz CT molecular complexity index is 1260. The molecule has 6 nitrogen and oxygen atoms in total. The predicted molar refractivity (Wildman–Crippen MR) is 131 cm³/mol. The third-order valence-electron chi connectivity index (χ3n) is 7.08. The molecular weight excluding hydrogens is 432 g/mol. The van der Waals surface area contributed by atoms with Crippen LogP contribution in [-0.4, -0.2) is 32.1 Å². The maximum Gasteiger partial charge on any atom is 0.207 e. The summed E-state index contributed by atoms with van der Waals surface area (Å²) < 4.78 is 2.30. The molecule has 7 heteroatoms. The first-order valence-electron chi connectivity index (χ1n) is 11.7. The van der Waals surface area contributed by atoms with Crippen LogP contribution in [-0.2, 0) is 6.54 Å². The largest absolute Gasteiger partial charge is 0.328 e. The fraction of sp³-hybridized carbons (Fsp3) is 0.462. The number of hydrogen-bond donors (Lipinski definition) is 0. The maximum absolute atomic E-state index is 9.65. The van der Waals surface area contributed by atoms with Gasteiger partial charge in [0.25, 0.3) is 0 Å². The second kappa shape index (κ2) is 9.04. The highest BCUT2D eigenvalue weighted by Crippen LogP contribution is 2.37. The SMILES string of the molecule is C#CC1CCCN1c1nc2cc(C#N)nc(-c3cncc(Cl)c3)c2n1C[C@H]1CC[C@H](C)CC1. The monoisotopic (exact) mass is 458 g/mol. The summed E-state index contributed by atoms with van der Waals surface area (Å²) in [4.78, 5) is 16.2. The fourth-order valence-electron chi connectivity index (χ4n) is 5.29. The Morgan fingerprint density at radius 3 is 2.70 bits per heavy atom. The lowest BCUT2D eigenvalue weighted by molar-refractivity contribution is 0.267. The van der Waals surface area contributed by atoms with E-state index in [0.717, 1.165) is 54.4 Å². The molecule has 0 amide bonds. The number of aromatic nitrogens is 4. The molecule has 2 aliphatic rings. The Morgan fingerprint density at radius 2 is 1.97 bits per heavy atom. The van der Waals surface area contributed by atoms with E-state index in [2.05, 4.69) is 33.4 Å². The van der Waals surface area contributed by atoms with Crippen molar-refractivity contribution >= 4 is 28.6 Å². The van der Waals surface area contributed by atoms with Crippen molar-refractivity contribution in [1.29, 1.82) is 5.26 Å². The second-order valence-corrected chi connectivity index (χ2v) is 9.83. The third kappa shape index (κ3) is 4.16. The molecule has 4 heterocycles. The lowest BCUT2D eigenvalue weighted by Crippen LogP contribution is -2.31. The van der Waals surface area contributed by atoms with Crippen molar-refractivity contribution in [3.63, 3.8) is 0 Å². The zero-order chi connectivity index (χ0) is 22.9. The van der Waals surface area contributed by atoms with E-state index in [9.17, 15) is 5.26 Å². The van der Waals surface area contributed by atoms with Crippen LogP contribution in [0.25, 0.3) is 22.3 Å². The Morgan fingerprint density at radius 1 is 1.15 bits per heavy atom. The van der Waals surface area contributed by atoms with Crippen molar-refractivity contribution in [3.05, 3.63) is 35.2 Å². The van der Waals surface area contributed by atoms with Crippen LogP contribution >= 0.6 is 11.6 Å². The zero-order valence-electron chi connectivity index (χ0n) is 18.8. The van der Waals surface area contributed by atoms with Gasteiger partial charge in [0.2, 0.25) is 5.95 Å². The van der Waals surface area contributed by atoms with Crippen molar-refractivity contribution in [1.82, 2.24) is 19.5 Å². The number of nitriles is 1. The van der Waals surface area contributed by atoms with Crippen LogP contribution in [0.3, 0.4) is 0 Å². The first-order valence-corrected chi connectivity index (χ1v) is 12.1. The van der Waals surface area contributed by atoms with E-state index in [0.29, 0.717) is 22.3 Å². The molecule has 3 aromatic heterocycles. The van der Waals surface area contributed by atoms with Gasteiger partial charge < -0.3 is 9.47 Å². The topological polar surface area (TPSA) is 70.6 Å². The fourth-order valence-corrected chi connectivity index (χ4v) is 5.46. The van der Waals surface area contributed by atoms with Gasteiger partial charge in [-0.1, -0.05) is 37.3 Å². The van der Waals surface area contributed by atoms with Gasteiger partial charge in [-0.2, -0.15) is 5.26 Å². The van der Waals surface area contributed by atoms with E-state index >= 15 is 0 Å². The number of pyridine rings is 2. The number of nitrogens with zero attached hydrogens (tertiary/aromatic N) is 6. The van der Waals surface area contributed by atoms with E-state index in [1.54, 1.807) is 18.5 Å². The van der Waals surface area contributed by atoms with Crippen molar-refractivity contribution in [2.75, 3.05) is 11.4 Å². The summed E-state index contributed by atoms with van der Waals surface area (Å²) in [6.45, 7) is 4.08. The average Bonchev–Trinajstić information content (AvgIpc) is 3.44. The molecule has 1 saturated heterocycles. The highest BCUT2D eigenvalue weighted by molar-refractivity contribution is 6.30. The number of halogens is 1. The molecule has 0 radical (unpaired) electrons. The summed E-state index contributed by atoms with van der Waals surface area (Å²) in [6.07, 6.45) is 16.2. The molecular formula is C26H27ClN6. The van der Waals surface area contributed by atoms with Crippen LogP contribution in [0.5, 0.6) is 0 Å². The maximum atomic E-state index is 9.65. The number of fused-ring (bicyclic) bond motifs is 1. The first-order chi connectivity index (χ1) is 16.1. The van der Waals surface area contributed by atoms with E-state index < -0.39 is 0 Å². The Hall–Kier alpha value is -3.09. The molecule has 33 heavy (non-hydrogen) atoms. The summed E-state index contributed by atoms with van der Waals surface area (Å²) in [5, 5.41) is 10.2. The molecule has 1 aliphatic heterocycles. The quantitative estimate of drug-likeness (QED) is 0.486. The van der Waals surface area contributed by atoms with Crippen molar-refractivity contribution in [2.45, 2.75) is 58.0 Å². The lowest BCUT2D eigenvalue weighted by atomic mass is 9.83. The second-order valence-electron chi connectivity index (χ2n) is 9.39. The highest BCUT2D eigenvalue weighted by atomic mass is 35.5. The van der Waals surface area contributed by atoms with Gasteiger partial charge in [0.15, 0.2) is 0 Å². The minimum Gasteiger partial charge on any atom is -0.328 e. The first kappa shape index (κ1) is 21.7. The average molecular weight is 459 g/mol. The lowest BCUT2D eigenvalue weighted by Gasteiger charge is -2.29. The Kier molecular flexibility index (Phi) is 5.96. The molecule has 0 N–H and O–H groups in total. The van der Waals surface area contributed by atoms with E-state index in [1.807, 2.05) is 6.07 Å². The predicted octanol–water partition coefficient (Wildman–Crippen LogP) is 5.45. The van der Waals surface area contributed by atoms with Crippen molar-refractivity contribution in [2.24, 2.45) is 11.8 Å². The van der Waals surface area contributed by atoms with E-state index in [1.165, 1.54) is 25.7 Å². The smallest absolute Gasteiger partial charge is 0.207 e. The minimum atomic E-state index is 0.0339. The Labute approximate surface area is 199 Å². The number of imidazole rings is 1. The summed E-state index contributed by atoms with van der Waals surface area (Å²) >= 11 is 6.27. The van der Waals surface area contributed by atoms with E-state index in [-0.39, 0.29) is 6.04 Å². The van der Waals surface area contributed by atoms with Crippen LogP contribution in [0.4, 0.5) is 5.95 Å². The number of anilines is 1. The summed E-state index contributed by atoms with van der Waals surface area (Å²) in [7, 11) is 0. The van der Waals surface area contributed by atoms with Crippen LogP contribution in [0.2, 0.25) is 5.02 Å². The molecule has 0 bridgehead atoms. The van der Waals surface area contributed by atoms with Crippen LogP contribution in [0.1, 0.15) is 51.1 Å². The molecule has 1 atom stereocenters. The van der Waals surface area contributed by atoms with Gasteiger partial charge in [-0.3, -0.25) is 4.98 Å². The summed E-state index contributed by atoms with van der Waals surface area (Å²) in [5.41, 5.74) is 3.49. The molecule has 1 aliphatic carbocycles. The molecule has 1 unspecified atom stereocenters. The Balaban J connectivity index is 1.71. The van der Waals surface area contributed by atoms with Gasteiger partial charge in [0.05, 0.1) is 27.8 Å². The van der Waals surface area contributed by atoms with Gasteiger partial charge in [-0.15, -0.1) is 6.42 Å². The summed E-state index contributed by atoms with van der Waals surface area (Å²) in [5.74, 6) is 5.20. The molecule has 168 valence electrons. The van der Waals surface area contributed by atoms with Gasteiger partial charge in [-0.25, -0.2) is 9.97 Å². The zero-order valence-corrected chi connectivity index (χ0v) is 19.6. The number of rotatable bonds is 4. The molecule has 2 fully saturated rings. The molecule has 1 saturated carbocycles. The van der Waals surface area contributed by atoms with Crippen LogP contribution in [0, 0.1) is 35.5 Å². The van der Waals surface area contributed by atoms with Gasteiger partial charge in [-0.05, 0) is 43.6 Å². The molecule has 3 aromatic rings. The van der Waals surface area contributed by atoms with Crippen LogP contribution < -0.4 is 4.90 Å². The summed E-state index contributed by atoms with van der Waals surface area (Å²) in [6, 6.07) is 5.85. The highest BCUT2D eigenvalue weighted by Gasteiger charge is 2.30. The van der Waals surface area contributed by atoms with Crippen LogP contribution in [0.15, 0.2) is 24.5 Å². The molecule has 0 aromatic carbocycles. The van der Waals surface area contributed by atoms with E-state index in [4.69, 9.17) is 28.0 Å². The van der Waals surface area contributed by atoms with Crippen molar-refractivity contribution in [3.8, 4) is 29.7 Å². The minimum absolute atomic E-state index is 0.0339. The number of hydrogen-bond acceptors (Lipinski definition) is 5. The molecule has 5 rings (SSSR count). The molecule has 0 spiro atoms. The van der Waals surface area contributed by atoms with Crippen molar-refractivity contribution < 1.29 is 0 Å². The third-order valence-corrected chi connectivity index (χ3v) is 7.28.